The molecule has 0 aliphatic heterocycles. The lowest BCUT2D eigenvalue weighted by atomic mass is 9.88. The number of benzene rings is 13. The fraction of sp³-hybridized carbons (Fsp3) is 0. The molecule has 0 N–H and O–H groups in total. The molecule has 0 aliphatic rings. The van der Waals surface area contributed by atoms with Crippen LogP contribution in [0.5, 0.6) is 0 Å². The van der Waals surface area contributed by atoms with Gasteiger partial charge in [0.05, 0.1) is 22.6 Å². The summed E-state index contributed by atoms with van der Waals surface area (Å²) in [5.41, 5.74) is 13.9. The Morgan fingerprint density at radius 1 is 0.162 bits per heavy atom. The number of nitrogens with zero attached hydrogens (tertiary/aromatic N) is 2. The zero-order valence-corrected chi connectivity index (χ0v) is 40.3. The second-order valence-corrected chi connectivity index (χ2v) is 19.6. The lowest BCUT2D eigenvalue weighted by molar-refractivity contribution is 1.32. The second kappa shape index (κ2) is 16.9. The fourth-order valence-electron chi connectivity index (χ4n) is 11.9. The summed E-state index contributed by atoms with van der Waals surface area (Å²) >= 11 is 0. The van der Waals surface area contributed by atoms with Gasteiger partial charge in [-0.2, -0.15) is 0 Å². The smallest absolute Gasteiger partial charge is 0.0794 e. The third-order valence-corrected chi connectivity index (χ3v) is 15.4. The maximum atomic E-state index is 5.71. The molecule has 0 aliphatic carbocycles. The van der Waals surface area contributed by atoms with E-state index in [1.54, 1.807) is 0 Å². The molecule has 0 amide bonds. The topological polar surface area (TPSA) is 25.8 Å². The SMILES string of the molecule is c1ccc(-c2cc(-c3ccccc3)nc(-c3ccc(-c4cc5c(-c6ccc7c8ccccc8c8ccccc8c7c6)cc(-c6ccc7c8ccccc8c8ccccc8c7c6)nc5c5ccccc45)cc3)c2)cc1. The number of pyridine rings is 2. The van der Waals surface area contributed by atoms with E-state index >= 15 is 0 Å². The van der Waals surface area contributed by atoms with Gasteiger partial charge < -0.3 is 0 Å². The first-order valence-electron chi connectivity index (χ1n) is 25.5. The summed E-state index contributed by atoms with van der Waals surface area (Å²) in [6, 6.07) is 97.3. The fourth-order valence-corrected chi connectivity index (χ4v) is 11.9. The van der Waals surface area contributed by atoms with E-state index in [1.807, 2.05) is 0 Å². The Hall–Kier alpha value is -9.76. The summed E-state index contributed by atoms with van der Waals surface area (Å²) in [4.78, 5) is 11.0. The van der Waals surface area contributed by atoms with Gasteiger partial charge in [0.1, 0.15) is 0 Å². The summed E-state index contributed by atoms with van der Waals surface area (Å²) in [6.07, 6.45) is 0. The molecule has 2 aromatic heterocycles. The van der Waals surface area contributed by atoms with Crippen LogP contribution in [0.15, 0.2) is 267 Å². The minimum Gasteiger partial charge on any atom is -0.248 e. The number of hydrogen-bond acceptors (Lipinski definition) is 2. The number of rotatable bonds is 6. The van der Waals surface area contributed by atoms with Crippen LogP contribution in [0.1, 0.15) is 0 Å². The van der Waals surface area contributed by atoms with Crippen LogP contribution in [0, 0.1) is 0 Å². The van der Waals surface area contributed by atoms with E-state index in [1.165, 1.54) is 64.6 Å². The molecule has 2 heterocycles. The Balaban J connectivity index is 0.956. The monoisotopic (exact) mass is 936 g/mol. The summed E-state index contributed by atoms with van der Waals surface area (Å²) in [6.45, 7) is 0. The number of aromatic nitrogens is 2. The van der Waals surface area contributed by atoms with Crippen molar-refractivity contribution in [1.82, 2.24) is 9.97 Å². The molecule has 0 saturated carbocycles. The van der Waals surface area contributed by atoms with Crippen molar-refractivity contribution in [2.45, 2.75) is 0 Å². The van der Waals surface area contributed by atoms with Crippen molar-refractivity contribution in [3.63, 3.8) is 0 Å². The maximum absolute atomic E-state index is 5.71. The van der Waals surface area contributed by atoms with E-state index < -0.39 is 0 Å². The molecule has 0 radical (unpaired) electrons. The largest absolute Gasteiger partial charge is 0.248 e. The van der Waals surface area contributed by atoms with E-state index in [9.17, 15) is 0 Å². The summed E-state index contributed by atoms with van der Waals surface area (Å²) < 4.78 is 0. The van der Waals surface area contributed by atoms with Gasteiger partial charge in [-0.1, -0.05) is 231 Å². The van der Waals surface area contributed by atoms with Gasteiger partial charge in [-0.05, 0) is 140 Å². The van der Waals surface area contributed by atoms with Crippen molar-refractivity contribution in [3.8, 4) is 67.2 Å². The maximum Gasteiger partial charge on any atom is 0.0794 e. The van der Waals surface area contributed by atoms with E-state index in [2.05, 4.69) is 267 Å². The molecular formula is C72H44N2. The lowest BCUT2D eigenvalue weighted by Crippen LogP contribution is -1.94. The normalized spacial score (nSPS) is 11.8. The predicted octanol–water partition coefficient (Wildman–Crippen LogP) is 19.7. The van der Waals surface area contributed by atoms with Gasteiger partial charge in [-0.25, -0.2) is 9.97 Å². The van der Waals surface area contributed by atoms with Crippen LogP contribution in [0.2, 0.25) is 0 Å². The molecule has 342 valence electrons. The highest BCUT2D eigenvalue weighted by Crippen LogP contribution is 2.45. The zero-order valence-electron chi connectivity index (χ0n) is 40.3. The molecule has 0 spiro atoms. The molecule has 74 heavy (non-hydrogen) atoms. The highest BCUT2D eigenvalue weighted by molar-refractivity contribution is 6.27. The second-order valence-electron chi connectivity index (χ2n) is 19.6. The average Bonchev–Trinajstić information content (AvgIpc) is 3.49. The van der Waals surface area contributed by atoms with Crippen molar-refractivity contribution in [2.75, 3.05) is 0 Å². The molecule has 0 fully saturated rings. The Morgan fingerprint density at radius 2 is 0.514 bits per heavy atom. The standard InChI is InChI=1S/C72H44N2/c1-3-17-45(18-4-1)51-41-69(47-19-5-2-6-20-47)73-70(42-51)48-33-31-46(32-34-48)64-43-68-65(49-35-37-61-56-25-9-7-21-52(56)54-23-11-13-27-58(54)66(61)39-49)44-71(74-72(68)63-30-16-15-29-60(63)64)50-36-38-62-57-26-10-8-22-53(57)55-24-12-14-28-59(55)67(62)40-50/h1-44H. The molecule has 13 aromatic carbocycles. The minimum absolute atomic E-state index is 0.936. The van der Waals surface area contributed by atoms with Gasteiger partial charge in [-0.15, -0.1) is 0 Å². The molecule has 0 atom stereocenters. The van der Waals surface area contributed by atoms with Crippen molar-refractivity contribution < 1.29 is 0 Å². The molecular weight excluding hydrogens is 893 g/mol. The minimum atomic E-state index is 0.936. The van der Waals surface area contributed by atoms with Gasteiger partial charge in [0, 0.05) is 27.5 Å². The van der Waals surface area contributed by atoms with Crippen molar-refractivity contribution in [2.24, 2.45) is 0 Å². The van der Waals surface area contributed by atoms with E-state index in [4.69, 9.17) is 9.97 Å². The quantitative estimate of drug-likeness (QED) is 0.155. The van der Waals surface area contributed by atoms with Gasteiger partial charge >= 0.3 is 0 Å². The first-order valence-corrected chi connectivity index (χ1v) is 25.5. The molecule has 0 unspecified atom stereocenters. The zero-order chi connectivity index (χ0) is 48.7. The van der Waals surface area contributed by atoms with Crippen molar-refractivity contribution in [3.05, 3.63) is 267 Å². The lowest BCUT2D eigenvalue weighted by Gasteiger charge is -2.17. The average molecular weight is 937 g/mol. The Morgan fingerprint density at radius 3 is 1.04 bits per heavy atom. The van der Waals surface area contributed by atoms with Gasteiger partial charge in [-0.3, -0.25) is 0 Å². The third kappa shape index (κ3) is 6.80. The molecule has 2 heteroatoms. The molecule has 15 rings (SSSR count). The molecule has 2 nitrogen and oxygen atoms in total. The van der Waals surface area contributed by atoms with Gasteiger partial charge in [0.15, 0.2) is 0 Å². The van der Waals surface area contributed by atoms with E-state index in [0.717, 1.165) is 88.8 Å². The number of hydrogen-bond donors (Lipinski definition) is 0. The van der Waals surface area contributed by atoms with E-state index in [0.29, 0.717) is 0 Å². The first kappa shape index (κ1) is 42.0. The molecule has 0 saturated heterocycles. The van der Waals surface area contributed by atoms with Crippen molar-refractivity contribution in [1.29, 1.82) is 0 Å². The van der Waals surface area contributed by atoms with Crippen LogP contribution >= 0.6 is 0 Å². The van der Waals surface area contributed by atoms with Crippen LogP contribution < -0.4 is 0 Å². The summed E-state index contributed by atoms with van der Waals surface area (Å²) in [5.74, 6) is 0. The molecule has 0 bridgehead atoms. The predicted molar refractivity (Wildman–Crippen MR) is 315 cm³/mol. The van der Waals surface area contributed by atoms with Crippen LogP contribution in [0.4, 0.5) is 0 Å². The Labute approximate surface area is 428 Å². The Bertz CT molecular complexity index is 4620. The van der Waals surface area contributed by atoms with Crippen LogP contribution in [0.3, 0.4) is 0 Å². The third-order valence-electron chi connectivity index (χ3n) is 15.4. The van der Waals surface area contributed by atoms with Crippen LogP contribution in [-0.4, -0.2) is 9.97 Å². The number of fused-ring (bicyclic) bond motifs is 15. The van der Waals surface area contributed by atoms with Gasteiger partial charge in [0.25, 0.3) is 0 Å². The first-order chi connectivity index (χ1) is 36.7. The van der Waals surface area contributed by atoms with Gasteiger partial charge in [0.2, 0.25) is 0 Å². The highest BCUT2D eigenvalue weighted by atomic mass is 14.7. The van der Waals surface area contributed by atoms with Crippen LogP contribution in [0.25, 0.3) is 153 Å². The van der Waals surface area contributed by atoms with Crippen molar-refractivity contribution >= 4 is 86.3 Å². The molecule has 15 aromatic rings. The Kier molecular flexibility index (Phi) is 9.61. The van der Waals surface area contributed by atoms with Crippen LogP contribution in [-0.2, 0) is 0 Å². The highest BCUT2D eigenvalue weighted by Gasteiger charge is 2.19. The summed E-state index contributed by atoms with van der Waals surface area (Å²) in [7, 11) is 0. The summed E-state index contributed by atoms with van der Waals surface area (Å²) in [5, 5.41) is 18.4. The van der Waals surface area contributed by atoms with E-state index in [-0.39, 0.29) is 0 Å².